The van der Waals surface area contributed by atoms with Crippen LogP contribution in [0, 0.1) is 11.3 Å². The molecule has 0 heterocycles. The summed E-state index contributed by atoms with van der Waals surface area (Å²) in [4.78, 5) is 13.9. The molecule has 2 aromatic rings. The van der Waals surface area contributed by atoms with Crippen molar-refractivity contribution in [2.24, 2.45) is 0 Å². The van der Waals surface area contributed by atoms with Gasteiger partial charge in [0.2, 0.25) is 0 Å². The molecule has 0 aliphatic carbocycles. The van der Waals surface area contributed by atoms with E-state index in [1.54, 1.807) is 49.5 Å². The molecular formula is C15H10BrClN2O. The summed E-state index contributed by atoms with van der Waals surface area (Å²) in [5.74, 6) is -0.207. The maximum Gasteiger partial charge on any atom is 0.259 e. The second kappa shape index (κ2) is 6.08. The van der Waals surface area contributed by atoms with Gasteiger partial charge in [-0.2, -0.15) is 5.26 Å². The molecule has 100 valence electrons. The van der Waals surface area contributed by atoms with Crippen LogP contribution in [0.2, 0.25) is 5.02 Å². The SMILES string of the molecule is CN(C(=O)c1cc(Br)ccc1Cl)c1ccc(C#N)cc1. The fourth-order valence-corrected chi connectivity index (χ4v) is 2.28. The van der Waals surface area contributed by atoms with Gasteiger partial charge in [0.05, 0.1) is 22.2 Å². The number of benzene rings is 2. The minimum absolute atomic E-state index is 0.207. The first kappa shape index (κ1) is 14.6. The Morgan fingerprint density at radius 1 is 1.25 bits per heavy atom. The monoisotopic (exact) mass is 348 g/mol. The van der Waals surface area contributed by atoms with Crippen LogP contribution in [0.3, 0.4) is 0 Å². The van der Waals surface area contributed by atoms with Crippen LogP contribution >= 0.6 is 27.5 Å². The predicted octanol–water partition coefficient (Wildman–Crippen LogP) is 4.25. The third-order valence-corrected chi connectivity index (χ3v) is 3.67. The fourth-order valence-electron chi connectivity index (χ4n) is 1.72. The molecule has 0 unspecified atom stereocenters. The van der Waals surface area contributed by atoms with Crippen molar-refractivity contribution in [3.05, 3.63) is 63.1 Å². The van der Waals surface area contributed by atoms with Gasteiger partial charge in [-0.25, -0.2) is 0 Å². The largest absolute Gasteiger partial charge is 0.311 e. The van der Waals surface area contributed by atoms with Gasteiger partial charge in [0, 0.05) is 17.2 Å². The number of anilines is 1. The molecular weight excluding hydrogens is 340 g/mol. The van der Waals surface area contributed by atoms with E-state index in [4.69, 9.17) is 16.9 Å². The molecule has 2 rings (SSSR count). The number of halogens is 2. The first-order valence-corrected chi connectivity index (χ1v) is 6.93. The summed E-state index contributed by atoms with van der Waals surface area (Å²) < 4.78 is 0.790. The number of nitrogens with zero attached hydrogens (tertiary/aromatic N) is 2. The van der Waals surface area contributed by atoms with E-state index in [1.807, 2.05) is 6.07 Å². The van der Waals surface area contributed by atoms with Crippen LogP contribution in [0.1, 0.15) is 15.9 Å². The van der Waals surface area contributed by atoms with Gasteiger partial charge in [0.15, 0.2) is 0 Å². The number of hydrogen-bond acceptors (Lipinski definition) is 2. The van der Waals surface area contributed by atoms with Gasteiger partial charge in [0.25, 0.3) is 5.91 Å². The molecule has 1 amide bonds. The highest BCUT2D eigenvalue weighted by atomic mass is 79.9. The van der Waals surface area contributed by atoms with E-state index in [0.29, 0.717) is 21.8 Å². The smallest absolute Gasteiger partial charge is 0.259 e. The summed E-state index contributed by atoms with van der Waals surface area (Å²) in [5.41, 5.74) is 1.67. The first-order chi connectivity index (χ1) is 9.52. The maximum absolute atomic E-state index is 12.4. The zero-order chi connectivity index (χ0) is 14.7. The van der Waals surface area contributed by atoms with E-state index >= 15 is 0 Å². The molecule has 0 aromatic heterocycles. The molecule has 0 atom stereocenters. The normalized spacial score (nSPS) is 9.90. The molecule has 0 saturated heterocycles. The quantitative estimate of drug-likeness (QED) is 0.813. The van der Waals surface area contributed by atoms with E-state index in [2.05, 4.69) is 15.9 Å². The Bertz CT molecular complexity index is 692. The van der Waals surface area contributed by atoms with E-state index < -0.39 is 0 Å². The number of carbonyl (C=O) groups is 1. The van der Waals surface area contributed by atoms with Crippen LogP contribution < -0.4 is 4.90 Å². The molecule has 0 aliphatic heterocycles. The van der Waals surface area contributed by atoms with Crippen molar-refractivity contribution in [3.63, 3.8) is 0 Å². The minimum atomic E-state index is -0.207. The lowest BCUT2D eigenvalue weighted by Gasteiger charge is -2.18. The van der Waals surface area contributed by atoms with Crippen molar-refractivity contribution in [2.45, 2.75) is 0 Å². The Labute approximate surface area is 130 Å². The molecule has 0 bridgehead atoms. The fraction of sp³-hybridized carbons (Fsp3) is 0.0667. The predicted molar refractivity (Wildman–Crippen MR) is 83.0 cm³/mol. The van der Waals surface area contributed by atoms with Crippen molar-refractivity contribution in [1.82, 2.24) is 0 Å². The number of carbonyl (C=O) groups excluding carboxylic acids is 1. The molecule has 0 radical (unpaired) electrons. The van der Waals surface area contributed by atoms with E-state index in [-0.39, 0.29) is 5.91 Å². The Hall–Kier alpha value is -1.83. The van der Waals surface area contributed by atoms with E-state index in [9.17, 15) is 4.79 Å². The van der Waals surface area contributed by atoms with E-state index in [1.165, 1.54) is 4.90 Å². The second-order valence-electron chi connectivity index (χ2n) is 4.15. The van der Waals surface area contributed by atoms with Gasteiger partial charge in [-0.1, -0.05) is 27.5 Å². The lowest BCUT2D eigenvalue weighted by molar-refractivity contribution is 0.0993. The zero-order valence-electron chi connectivity index (χ0n) is 10.6. The average Bonchev–Trinajstić information content (AvgIpc) is 2.48. The summed E-state index contributed by atoms with van der Waals surface area (Å²) in [6.45, 7) is 0. The molecule has 0 N–H and O–H groups in total. The summed E-state index contributed by atoms with van der Waals surface area (Å²) in [5, 5.41) is 9.17. The molecule has 5 heteroatoms. The molecule has 0 aliphatic rings. The standard InChI is InChI=1S/C15H10BrClN2O/c1-19(12-5-2-10(9-18)3-6-12)15(20)13-8-11(16)4-7-14(13)17/h2-8H,1H3. The highest BCUT2D eigenvalue weighted by molar-refractivity contribution is 9.10. The topological polar surface area (TPSA) is 44.1 Å². The minimum Gasteiger partial charge on any atom is -0.311 e. The highest BCUT2D eigenvalue weighted by Gasteiger charge is 2.16. The summed E-state index contributed by atoms with van der Waals surface area (Å²) in [6, 6.07) is 14.0. The summed E-state index contributed by atoms with van der Waals surface area (Å²) in [7, 11) is 1.67. The van der Waals surface area contributed by atoms with Gasteiger partial charge in [-0.15, -0.1) is 0 Å². The Morgan fingerprint density at radius 2 is 1.90 bits per heavy atom. The third kappa shape index (κ3) is 3.01. The van der Waals surface area contributed by atoms with Crippen LogP contribution in [0.25, 0.3) is 0 Å². The van der Waals surface area contributed by atoms with Crippen LogP contribution in [0.4, 0.5) is 5.69 Å². The molecule has 2 aromatic carbocycles. The lowest BCUT2D eigenvalue weighted by atomic mass is 10.1. The van der Waals surface area contributed by atoms with Crippen LogP contribution in [0.5, 0.6) is 0 Å². The Kier molecular flexibility index (Phi) is 4.43. The van der Waals surface area contributed by atoms with E-state index in [0.717, 1.165) is 4.47 Å². The number of rotatable bonds is 2. The lowest BCUT2D eigenvalue weighted by Crippen LogP contribution is -2.26. The molecule has 0 saturated carbocycles. The van der Waals surface area contributed by atoms with Crippen LogP contribution in [-0.4, -0.2) is 13.0 Å². The van der Waals surface area contributed by atoms with Crippen molar-refractivity contribution in [1.29, 1.82) is 5.26 Å². The highest BCUT2D eigenvalue weighted by Crippen LogP contribution is 2.24. The van der Waals surface area contributed by atoms with Crippen LogP contribution in [0.15, 0.2) is 46.9 Å². The Morgan fingerprint density at radius 3 is 2.50 bits per heavy atom. The van der Waals surface area contributed by atoms with Crippen molar-refractivity contribution in [2.75, 3.05) is 11.9 Å². The third-order valence-electron chi connectivity index (χ3n) is 2.85. The van der Waals surface area contributed by atoms with Gasteiger partial charge in [0.1, 0.15) is 0 Å². The molecule has 3 nitrogen and oxygen atoms in total. The number of nitriles is 1. The van der Waals surface area contributed by atoms with Gasteiger partial charge in [-0.05, 0) is 42.5 Å². The van der Waals surface area contributed by atoms with Crippen molar-refractivity contribution in [3.8, 4) is 6.07 Å². The van der Waals surface area contributed by atoms with Gasteiger partial charge < -0.3 is 4.90 Å². The number of hydrogen-bond donors (Lipinski definition) is 0. The summed E-state index contributed by atoms with van der Waals surface area (Å²) >= 11 is 9.38. The second-order valence-corrected chi connectivity index (χ2v) is 5.47. The number of amides is 1. The van der Waals surface area contributed by atoms with Crippen molar-refractivity contribution < 1.29 is 4.79 Å². The average molecular weight is 350 g/mol. The van der Waals surface area contributed by atoms with Gasteiger partial charge >= 0.3 is 0 Å². The molecule has 20 heavy (non-hydrogen) atoms. The Balaban J connectivity index is 2.32. The molecule has 0 spiro atoms. The molecule has 0 fully saturated rings. The van der Waals surface area contributed by atoms with Gasteiger partial charge in [-0.3, -0.25) is 4.79 Å². The maximum atomic E-state index is 12.4. The van der Waals surface area contributed by atoms with Crippen molar-refractivity contribution >= 4 is 39.1 Å². The van der Waals surface area contributed by atoms with Crippen LogP contribution in [-0.2, 0) is 0 Å². The first-order valence-electron chi connectivity index (χ1n) is 5.76. The summed E-state index contributed by atoms with van der Waals surface area (Å²) in [6.07, 6.45) is 0. The zero-order valence-corrected chi connectivity index (χ0v) is 12.9.